The maximum atomic E-state index is 13.7. The van der Waals surface area contributed by atoms with Crippen LogP contribution in [0.15, 0.2) is 41.6 Å². The Morgan fingerprint density at radius 1 is 1.18 bits per heavy atom. The van der Waals surface area contributed by atoms with E-state index in [4.69, 9.17) is 18.6 Å². The number of pyridine rings is 1. The second-order valence-electron chi connectivity index (χ2n) is 9.70. The number of ether oxygens (including phenoxy) is 2. The number of fused-ring (bicyclic) bond motifs is 4. The van der Waals surface area contributed by atoms with Gasteiger partial charge in [0.2, 0.25) is 5.88 Å². The van der Waals surface area contributed by atoms with Crippen molar-refractivity contribution in [3.8, 4) is 28.3 Å². The highest BCUT2D eigenvalue weighted by atomic mass is 16.5. The Labute approximate surface area is 221 Å². The van der Waals surface area contributed by atoms with E-state index < -0.39 is 6.98 Å². The molecule has 38 heavy (non-hydrogen) atoms. The molecule has 0 spiro atoms. The van der Waals surface area contributed by atoms with Gasteiger partial charge in [0.25, 0.3) is 0 Å². The Morgan fingerprint density at radius 3 is 2.82 bits per heavy atom. The molecule has 0 aliphatic carbocycles. The van der Waals surface area contributed by atoms with Crippen molar-refractivity contribution in [2.45, 2.75) is 18.9 Å². The summed E-state index contributed by atoms with van der Waals surface area (Å²) < 4.78 is 41.0. The molecule has 1 saturated heterocycles. The minimum absolute atomic E-state index is 0.0234. The van der Waals surface area contributed by atoms with Gasteiger partial charge in [-0.2, -0.15) is 5.10 Å². The van der Waals surface area contributed by atoms with Crippen molar-refractivity contribution < 1.29 is 13.6 Å². The van der Waals surface area contributed by atoms with Crippen LogP contribution in [0.25, 0.3) is 55.4 Å². The first-order valence-corrected chi connectivity index (χ1v) is 12.4. The zero-order chi connectivity index (χ0) is 28.6. The van der Waals surface area contributed by atoms with Crippen molar-refractivity contribution >= 4 is 33.0 Å². The highest BCUT2D eigenvalue weighted by Gasteiger charge is 2.28. The number of imidazole rings is 1. The summed E-state index contributed by atoms with van der Waals surface area (Å²) in [5.74, 6) is 0.433. The summed E-state index contributed by atoms with van der Waals surface area (Å²) in [6.45, 7) is -1.23. The molecule has 11 heteroatoms. The molecule has 1 aliphatic rings. The zero-order valence-electron chi connectivity index (χ0n) is 24.2. The molecule has 1 aliphatic heterocycles. The van der Waals surface area contributed by atoms with Crippen molar-refractivity contribution in [3.63, 3.8) is 0 Å². The van der Waals surface area contributed by atoms with Crippen molar-refractivity contribution in [1.82, 2.24) is 38.7 Å². The number of aromatic amines is 1. The average molecular weight is 516 g/mol. The molecular formula is C27H28N8O3. The Morgan fingerprint density at radius 2 is 2.03 bits per heavy atom. The van der Waals surface area contributed by atoms with Crippen LogP contribution < -0.4 is 10.4 Å². The highest BCUT2D eigenvalue weighted by molar-refractivity contribution is 6.15. The van der Waals surface area contributed by atoms with Gasteiger partial charge in [0, 0.05) is 61.6 Å². The standard InChI is InChI=1S/C27H28N8O3/c1-32-14-18(26(31-32)37-4)23-21(15-5-6-19-16(11-15)12-29-34(19)3)22-24-20(13-28-25(22)30-23)33(2)27(36)35(24)17-7-9-38-10-8-17/h5-6,11-14,17H,7-10H2,1-4H3,(H,28,30)/i3D3. The fourth-order valence-electron chi connectivity index (χ4n) is 5.73. The van der Waals surface area contributed by atoms with Crippen molar-refractivity contribution in [2.75, 3.05) is 20.3 Å². The lowest BCUT2D eigenvalue weighted by Gasteiger charge is -2.23. The summed E-state index contributed by atoms with van der Waals surface area (Å²) in [4.78, 5) is 21.9. The van der Waals surface area contributed by atoms with Crippen molar-refractivity contribution in [1.29, 1.82) is 0 Å². The van der Waals surface area contributed by atoms with Crippen LogP contribution in [-0.2, 0) is 25.8 Å². The lowest BCUT2D eigenvalue weighted by Crippen LogP contribution is -2.29. The lowest BCUT2D eigenvalue weighted by molar-refractivity contribution is 0.0697. The molecule has 6 aromatic rings. The Hall–Kier alpha value is -4.38. The van der Waals surface area contributed by atoms with Gasteiger partial charge < -0.3 is 14.5 Å². The van der Waals surface area contributed by atoms with E-state index in [1.807, 2.05) is 29.9 Å². The monoisotopic (exact) mass is 515 g/mol. The molecule has 5 aromatic heterocycles. The molecule has 1 N–H and O–H groups in total. The van der Waals surface area contributed by atoms with E-state index in [0.717, 1.165) is 56.3 Å². The molecule has 194 valence electrons. The van der Waals surface area contributed by atoms with Crippen LogP contribution in [0, 0.1) is 0 Å². The van der Waals surface area contributed by atoms with Crippen LogP contribution in [-0.4, -0.2) is 59.0 Å². The number of H-pyrrole nitrogens is 1. The van der Waals surface area contributed by atoms with Crippen molar-refractivity contribution in [3.05, 3.63) is 47.3 Å². The van der Waals surface area contributed by atoms with Gasteiger partial charge in [0.1, 0.15) is 5.65 Å². The number of nitrogens with zero attached hydrogens (tertiary/aromatic N) is 7. The van der Waals surface area contributed by atoms with Crippen LogP contribution in [0.2, 0.25) is 0 Å². The molecule has 0 radical (unpaired) electrons. The second-order valence-corrected chi connectivity index (χ2v) is 9.70. The first-order chi connectivity index (χ1) is 19.7. The first-order valence-electron chi connectivity index (χ1n) is 13.9. The van der Waals surface area contributed by atoms with Crippen LogP contribution >= 0.6 is 0 Å². The quantitative estimate of drug-likeness (QED) is 0.385. The number of rotatable bonds is 4. The molecule has 1 fully saturated rings. The summed E-state index contributed by atoms with van der Waals surface area (Å²) >= 11 is 0. The van der Waals surface area contributed by atoms with E-state index in [0.29, 0.717) is 35.6 Å². The van der Waals surface area contributed by atoms with Crippen LogP contribution in [0.5, 0.6) is 5.88 Å². The molecular weight excluding hydrogens is 484 g/mol. The summed E-state index contributed by atoms with van der Waals surface area (Å²) in [6, 6.07) is 5.53. The van der Waals surface area contributed by atoms with E-state index in [9.17, 15) is 4.79 Å². The molecule has 0 bridgehead atoms. The third-order valence-electron chi connectivity index (χ3n) is 7.54. The summed E-state index contributed by atoms with van der Waals surface area (Å²) in [5.41, 5.74) is 5.56. The number of aromatic nitrogens is 8. The lowest BCUT2D eigenvalue weighted by atomic mass is 9.98. The van der Waals surface area contributed by atoms with Gasteiger partial charge in [-0.05, 0) is 30.5 Å². The molecule has 6 heterocycles. The highest BCUT2D eigenvalue weighted by Crippen LogP contribution is 2.44. The number of hydrogen-bond donors (Lipinski definition) is 1. The normalized spacial score (nSPS) is 16.3. The summed E-state index contributed by atoms with van der Waals surface area (Å²) in [7, 11) is 5.15. The number of nitrogens with one attached hydrogen (secondary N) is 1. The molecule has 1 aromatic carbocycles. The minimum Gasteiger partial charge on any atom is -0.479 e. The fraction of sp³-hybridized carbons (Fsp3) is 0.333. The minimum atomic E-state index is -2.40. The van der Waals surface area contributed by atoms with Gasteiger partial charge in [0.15, 0.2) is 0 Å². The summed E-state index contributed by atoms with van der Waals surface area (Å²) in [5, 5.41) is 10.1. The SMILES string of the molecule is [2H]C([2H])([2H])n1ncc2cc(-c3c(-c4cn(C)nc4OC)[nH]c4ncc5c(c34)n(C3CCOCC3)c(=O)n5C)ccc21. The number of hydrogen-bond acceptors (Lipinski definition) is 6. The van der Waals surface area contributed by atoms with E-state index in [2.05, 4.69) is 15.2 Å². The number of methoxy groups -OCH3 is 1. The molecule has 0 amide bonds. The van der Waals surface area contributed by atoms with Gasteiger partial charge in [-0.25, -0.2) is 9.78 Å². The Balaban J connectivity index is 1.60. The first kappa shape index (κ1) is 19.7. The van der Waals surface area contributed by atoms with E-state index in [1.54, 1.807) is 41.9 Å². The Kier molecular flexibility index (Phi) is 4.31. The fourth-order valence-corrected chi connectivity index (χ4v) is 5.73. The molecule has 0 saturated carbocycles. The maximum absolute atomic E-state index is 13.7. The van der Waals surface area contributed by atoms with Gasteiger partial charge in [0.05, 0.1) is 52.7 Å². The summed E-state index contributed by atoms with van der Waals surface area (Å²) in [6.07, 6.45) is 6.60. The van der Waals surface area contributed by atoms with Crippen molar-refractivity contribution in [2.24, 2.45) is 21.1 Å². The van der Waals surface area contributed by atoms with E-state index in [-0.39, 0.29) is 11.7 Å². The van der Waals surface area contributed by atoms with Gasteiger partial charge >= 0.3 is 5.69 Å². The largest absolute Gasteiger partial charge is 0.479 e. The van der Waals surface area contributed by atoms with Crippen LogP contribution in [0.4, 0.5) is 0 Å². The van der Waals surface area contributed by atoms with Crippen LogP contribution in [0.3, 0.4) is 0 Å². The maximum Gasteiger partial charge on any atom is 0.329 e. The predicted octanol–water partition coefficient (Wildman–Crippen LogP) is 3.53. The van der Waals surface area contributed by atoms with Crippen LogP contribution in [0.1, 0.15) is 23.0 Å². The molecule has 11 nitrogen and oxygen atoms in total. The third kappa shape index (κ3) is 3.18. The van der Waals surface area contributed by atoms with E-state index >= 15 is 0 Å². The molecule has 7 rings (SSSR count). The zero-order valence-corrected chi connectivity index (χ0v) is 21.2. The number of benzene rings is 1. The van der Waals surface area contributed by atoms with Gasteiger partial charge in [-0.1, -0.05) is 6.07 Å². The topological polar surface area (TPSA) is 110 Å². The van der Waals surface area contributed by atoms with E-state index in [1.165, 1.54) is 0 Å². The molecule has 0 atom stereocenters. The average Bonchev–Trinajstić information content (AvgIpc) is 3.70. The van der Waals surface area contributed by atoms with Gasteiger partial charge in [-0.15, -0.1) is 5.10 Å². The second kappa shape index (κ2) is 8.32. The third-order valence-corrected chi connectivity index (χ3v) is 7.54. The predicted molar refractivity (Wildman–Crippen MR) is 144 cm³/mol. The Bertz CT molecular complexity index is 2020. The number of aryl methyl sites for hydroxylation is 3. The van der Waals surface area contributed by atoms with Gasteiger partial charge in [-0.3, -0.25) is 18.5 Å². The smallest absolute Gasteiger partial charge is 0.329 e. The molecule has 0 unspecified atom stereocenters.